The number of aryl methyl sites for hydroxylation is 2. The molecule has 0 radical (unpaired) electrons. The Balaban J connectivity index is 2.56. The maximum Gasteiger partial charge on any atom is 0.266 e. The van der Waals surface area contributed by atoms with E-state index in [-0.39, 0.29) is 17.5 Å². The van der Waals surface area contributed by atoms with Gasteiger partial charge >= 0.3 is 0 Å². The van der Waals surface area contributed by atoms with E-state index < -0.39 is 15.6 Å². The number of aliphatic imine (C=N–C) groups is 1. The van der Waals surface area contributed by atoms with Crippen molar-refractivity contribution in [3.63, 3.8) is 0 Å². The molecule has 3 N–H and O–H groups in total. The van der Waals surface area contributed by atoms with Gasteiger partial charge in [-0.2, -0.15) is 0 Å². The third-order valence-electron chi connectivity index (χ3n) is 2.97. The quantitative estimate of drug-likeness (QED) is 0.763. The third kappa shape index (κ3) is 2.78. The number of hydrogen-bond acceptors (Lipinski definition) is 4. The predicted molar refractivity (Wildman–Crippen MR) is 78.5 cm³/mol. The van der Waals surface area contributed by atoms with Crippen molar-refractivity contribution in [3.8, 4) is 0 Å². The lowest BCUT2D eigenvalue weighted by Gasteiger charge is -2.26. The fourth-order valence-corrected chi connectivity index (χ4v) is 3.46. The molecule has 0 saturated carbocycles. The number of aliphatic hydroxyl groups excluding tert-OH is 1. The second kappa shape index (κ2) is 4.75. The molecular weight excluding hydrogens is 278 g/mol. The van der Waals surface area contributed by atoms with Gasteiger partial charge in [-0.25, -0.2) is 18.1 Å². The normalized spacial score (nSPS) is 19.1. The van der Waals surface area contributed by atoms with Crippen molar-refractivity contribution in [2.24, 2.45) is 4.99 Å². The molecule has 0 saturated heterocycles. The van der Waals surface area contributed by atoms with Gasteiger partial charge in [-0.3, -0.25) is 0 Å². The summed E-state index contributed by atoms with van der Waals surface area (Å²) in [5.74, 6) is 0.126. The summed E-state index contributed by atoms with van der Waals surface area (Å²) in [7, 11) is -3.64. The van der Waals surface area contributed by atoms with Crippen LogP contribution in [-0.4, -0.2) is 31.6 Å². The van der Waals surface area contributed by atoms with Crippen molar-refractivity contribution in [3.05, 3.63) is 23.3 Å². The number of sulfonamides is 1. The lowest BCUT2D eigenvalue weighted by atomic mass is 10.1. The Morgan fingerprint density at radius 2 is 1.95 bits per heavy atom. The van der Waals surface area contributed by atoms with Crippen molar-refractivity contribution in [2.45, 2.75) is 38.1 Å². The molecule has 1 aliphatic rings. The first kappa shape index (κ1) is 14.8. The van der Waals surface area contributed by atoms with Crippen molar-refractivity contribution in [1.82, 2.24) is 4.72 Å². The molecule has 0 atom stereocenters. The van der Waals surface area contributed by atoms with E-state index in [4.69, 9.17) is 0 Å². The van der Waals surface area contributed by atoms with E-state index in [0.29, 0.717) is 11.3 Å². The number of nitrogens with zero attached hydrogens (tertiary/aromatic N) is 1. The Morgan fingerprint density at radius 1 is 1.30 bits per heavy atom. The summed E-state index contributed by atoms with van der Waals surface area (Å²) in [6.07, 6.45) is 0. The van der Waals surface area contributed by atoms with E-state index in [1.807, 2.05) is 13.0 Å². The second-order valence-electron chi connectivity index (χ2n) is 5.62. The SMILES string of the molecule is Cc1cc(C)c2c(c1)NC(=NC(C)(C)CO)NS2(=O)=O. The molecule has 0 aliphatic carbocycles. The molecule has 1 aromatic rings. The highest BCUT2D eigenvalue weighted by atomic mass is 32.2. The minimum atomic E-state index is -3.64. The van der Waals surface area contributed by atoms with E-state index in [1.165, 1.54) is 0 Å². The van der Waals surface area contributed by atoms with Crippen LogP contribution in [0.1, 0.15) is 25.0 Å². The summed E-state index contributed by atoms with van der Waals surface area (Å²) in [5, 5.41) is 12.2. The van der Waals surface area contributed by atoms with Gasteiger partial charge in [0.15, 0.2) is 0 Å². The molecule has 0 bridgehead atoms. The zero-order chi connectivity index (χ0) is 15.1. The van der Waals surface area contributed by atoms with E-state index >= 15 is 0 Å². The smallest absolute Gasteiger partial charge is 0.266 e. The maximum atomic E-state index is 12.3. The van der Waals surface area contributed by atoms with Gasteiger partial charge in [-0.15, -0.1) is 0 Å². The molecule has 0 spiro atoms. The summed E-state index contributed by atoms with van der Waals surface area (Å²) in [6, 6.07) is 3.59. The van der Waals surface area contributed by atoms with E-state index in [1.54, 1.807) is 26.8 Å². The second-order valence-corrected chi connectivity index (χ2v) is 7.24. The van der Waals surface area contributed by atoms with Gasteiger partial charge in [0, 0.05) is 0 Å². The fourth-order valence-electron chi connectivity index (χ4n) is 2.12. The summed E-state index contributed by atoms with van der Waals surface area (Å²) >= 11 is 0. The highest BCUT2D eigenvalue weighted by Crippen LogP contribution is 2.29. The summed E-state index contributed by atoms with van der Waals surface area (Å²) < 4.78 is 27.0. The van der Waals surface area contributed by atoms with E-state index in [9.17, 15) is 13.5 Å². The molecule has 6 nitrogen and oxygen atoms in total. The van der Waals surface area contributed by atoms with Crippen LogP contribution >= 0.6 is 0 Å². The van der Waals surface area contributed by atoms with Crippen LogP contribution in [0, 0.1) is 13.8 Å². The number of fused-ring (bicyclic) bond motifs is 1. The zero-order valence-corrected chi connectivity index (χ0v) is 12.8. The molecular formula is C13H19N3O3S. The molecule has 0 aromatic heterocycles. The standard InChI is InChI=1S/C13H19N3O3S/c1-8-5-9(2)11-10(6-8)14-12(16-20(11,18)19)15-13(3,4)7-17/h5-6,17H,7H2,1-4H3,(H2,14,15,16). The summed E-state index contributed by atoms with van der Waals surface area (Å²) in [4.78, 5) is 4.45. The van der Waals surface area contributed by atoms with Gasteiger partial charge in [0.05, 0.1) is 17.8 Å². The number of rotatable bonds is 2. The third-order valence-corrected chi connectivity index (χ3v) is 4.51. The molecule has 0 unspecified atom stereocenters. The Bertz CT molecular complexity index is 678. The summed E-state index contributed by atoms with van der Waals surface area (Å²) in [5.41, 5.74) is 1.39. The average molecular weight is 297 g/mol. The largest absolute Gasteiger partial charge is 0.394 e. The molecule has 110 valence electrons. The van der Waals surface area contributed by atoms with Gasteiger partial charge in [0.1, 0.15) is 4.90 Å². The number of hydrogen-bond donors (Lipinski definition) is 3. The lowest BCUT2D eigenvalue weighted by Crippen LogP contribution is -2.43. The van der Waals surface area contributed by atoms with E-state index in [0.717, 1.165) is 5.56 Å². The van der Waals surface area contributed by atoms with Crippen molar-refractivity contribution in [1.29, 1.82) is 0 Å². The van der Waals surface area contributed by atoms with Crippen LogP contribution in [0.25, 0.3) is 0 Å². The average Bonchev–Trinajstić information content (AvgIpc) is 2.24. The molecule has 1 heterocycles. The van der Waals surface area contributed by atoms with Crippen LogP contribution in [0.15, 0.2) is 22.0 Å². The number of guanidine groups is 1. The first-order chi connectivity index (χ1) is 9.14. The predicted octanol–water partition coefficient (Wildman–Crippen LogP) is 1.13. The number of nitrogens with one attached hydrogen (secondary N) is 2. The molecule has 20 heavy (non-hydrogen) atoms. The van der Waals surface area contributed by atoms with Gasteiger partial charge in [-0.05, 0) is 44.9 Å². The number of benzene rings is 1. The number of aliphatic hydroxyl groups is 1. The van der Waals surface area contributed by atoms with Crippen LogP contribution < -0.4 is 10.0 Å². The van der Waals surface area contributed by atoms with Crippen LogP contribution in [0.3, 0.4) is 0 Å². The Kier molecular flexibility index (Phi) is 3.51. The van der Waals surface area contributed by atoms with E-state index in [2.05, 4.69) is 15.0 Å². The Morgan fingerprint density at radius 3 is 2.55 bits per heavy atom. The first-order valence-electron chi connectivity index (χ1n) is 6.26. The monoisotopic (exact) mass is 297 g/mol. The van der Waals surface area contributed by atoms with Crippen LogP contribution in [0.4, 0.5) is 5.69 Å². The highest BCUT2D eigenvalue weighted by Gasteiger charge is 2.30. The highest BCUT2D eigenvalue weighted by molar-refractivity contribution is 7.90. The van der Waals surface area contributed by atoms with Crippen molar-refractivity contribution >= 4 is 21.7 Å². The van der Waals surface area contributed by atoms with Gasteiger partial charge in [0.2, 0.25) is 5.96 Å². The number of anilines is 1. The van der Waals surface area contributed by atoms with Gasteiger partial charge < -0.3 is 10.4 Å². The van der Waals surface area contributed by atoms with Crippen LogP contribution in [0.5, 0.6) is 0 Å². The first-order valence-corrected chi connectivity index (χ1v) is 7.75. The Hall–Kier alpha value is -1.60. The molecule has 7 heteroatoms. The Labute approximate surface area is 119 Å². The van der Waals surface area contributed by atoms with Gasteiger partial charge in [-0.1, -0.05) is 6.07 Å². The molecule has 0 fully saturated rings. The topological polar surface area (TPSA) is 90.8 Å². The van der Waals surface area contributed by atoms with Crippen molar-refractivity contribution < 1.29 is 13.5 Å². The molecule has 1 aromatic carbocycles. The summed E-state index contributed by atoms with van der Waals surface area (Å²) in [6.45, 7) is 6.91. The van der Waals surface area contributed by atoms with Gasteiger partial charge in [0.25, 0.3) is 10.0 Å². The fraction of sp³-hybridized carbons (Fsp3) is 0.462. The molecule has 2 rings (SSSR count). The molecule has 1 aliphatic heterocycles. The molecule has 0 amide bonds. The maximum absolute atomic E-state index is 12.3. The van der Waals surface area contributed by atoms with Crippen LogP contribution in [0.2, 0.25) is 0 Å². The van der Waals surface area contributed by atoms with Crippen LogP contribution in [-0.2, 0) is 10.0 Å². The lowest BCUT2D eigenvalue weighted by molar-refractivity contribution is 0.222. The minimum absolute atomic E-state index is 0.126. The zero-order valence-electron chi connectivity index (χ0n) is 12.0. The van der Waals surface area contributed by atoms with Crippen molar-refractivity contribution in [2.75, 3.05) is 11.9 Å². The minimum Gasteiger partial charge on any atom is -0.394 e.